The Morgan fingerprint density at radius 2 is 0.924 bits per heavy atom. The average molecular weight is 909 g/mol. The predicted molar refractivity (Wildman–Crippen MR) is 248 cm³/mol. The fourth-order valence-corrected chi connectivity index (χ4v) is 9.71. The second-order valence-corrected chi connectivity index (χ2v) is 17.4. The maximum absolute atomic E-state index is 12.8. The lowest BCUT2D eigenvalue weighted by Gasteiger charge is -2.46. The highest BCUT2D eigenvalue weighted by Gasteiger charge is 2.41. The van der Waals surface area contributed by atoms with Crippen LogP contribution in [0.1, 0.15) is 79.0 Å². The van der Waals surface area contributed by atoms with E-state index >= 15 is 0 Å². The predicted octanol–water partition coefficient (Wildman–Crippen LogP) is 7.06. The van der Waals surface area contributed by atoms with Crippen LogP contribution in [0.25, 0.3) is 0 Å². The van der Waals surface area contributed by atoms with Gasteiger partial charge in [0, 0.05) is 72.9 Å². The quantitative estimate of drug-likeness (QED) is 0.0262. The zero-order valence-corrected chi connectivity index (χ0v) is 39.5. The van der Waals surface area contributed by atoms with Crippen molar-refractivity contribution in [2.45, 2.75) is 50.6 Å². The number of carbonyl (C=O) groups excluding carboxylic acids is 4. The molecule has 0 N–H and O–H groups in total. The maximum atomic E-state index is 12.8. The number of aldehydes is 2. The van der Waals surface area contributed by atoms with E-state index in [0.717, 1.165) is 85.9 Å². The minimum absolute atomic E-state index is 0.0581. The molecule has 2 heterocycles. The molecule has 4 atom stereocenters. The SMILES string of the molecule is COc1ccc(C[C@@H]2c3cc(C=O)c(C=O)cc3CC[N+]2(C)CCCOC(=O)/C=C/C(=O)OCCC[N@+]2(C)CCc3cc(OC)c(OC)cc3[C@H]2Cc2ccc(OC)c(OC)c2)cc1OC. The first-order valence-corrected chi connectivity index (χ1v) is 22.3. The van der Waals surface area contributed by atoms with Crippen molar-refractivity contribution in [3.63, 3.8) is 0 Å². The van der Waals surface area contributed by atoms with Gasteiger partial charge in [0.1, 0.15) is 12.1 Å². The van der Waals surface area contributed by atoms with E-state index in [1.165, 1.54) is 11.1 Å². The first kappa shape index (κ1) is 49.1. The molecule has 0 bridgehead atoms. The third-order valence-electron chi connectivity index (χ3n) is 13.5. The lowest BCUT2D eigenvalue weighted by Crippen LogP contribution is -2.52. The van der Waals surface area contributed by atoms with Crippen LogP contribution in [0.2, 0.25) is 0 Å². The number of carbonyl (C=O) groups is 4. The molecular formula is C52H64N2O12+2. The van der Waals surface area contributed by atoms with Crippen LogP contribution in [-0.4, -0.2) is 130 Å². The Kier molecular flexibility index (Phi) is 16.5. The monoisotopic (exact) mass is 908 g/mol. The third kappa shape index (κ3) is 11.2. The van der Waals surface area contributed by atoms with Crippen LogP contribution in [0.15, 0.2) is 72.8 Å². The van der Waals surface area contributed by atoms with E-state index in [0.29, 0.717) is 80.4 Å². The Bertz CT molecular complexity index is 2410. The summed E-state index contributed by atoms with van der Waals surface area (Å²) in [5, 5.41) is 0. The smallest absolute Gasteiger partial charge is 0.331 e. The number of likely N-dealkylation sites (N-methyl/N-ethyl adjacent to an activating group) is 2. The topological polar surface area (TPSA) is 142 Å². The molecular weight excluding hydrogens is 845 g/mol. The van der Waals surface area contributed by atoms with Crippen molar-refractivity contribution in [3.05, 3.63) is 117 Å². The fraction of sp³-hybridized carbons (Fsp3) is 0.423. The summed E-state index contributed by atoms with van der Waals surface area (Å²) < 4.78 is 46.0. The molecule has 2 aliphatic rings. The van der Waals surface area contributed by atoms with E-state index in [2.05, 4.69) is 32.3 Å². The highest BCUT2D eigenvalue weighted by Crippen LogP contribution is 2.44. The first-order valence-electron chi connectivity index (χ1n) is 22.3. The average Bonchev–Trinajstić information content (AvgIpc) is 3.34. The lowest BCUT2D eigenvalue weighted by molar-refractivity contribution is -0.941. The third-order valence-corrected chi connectivity index (χ3v) is 13.5. The molecule has 0 amide bonds. The molecule has 1 unspecified atom stereocenters. The van der Waals surface area contributed by atoms with Gasteiger partial charge in [-0.1, -0.05) is 12.1 Å². The van der Waals surface area contributed by atoms with Gasteiger partial charge in [0.25, 0.3) is 0 Å². The summed E-state index contributed by atoms with van der Waals surface area (Å²) in [7, 11) is 14.1. The van der Waals surface area contributed by atoms with Gasteiger partial charge in [-0.3, -0.25) is 9.59 Å². The molecule has 6 rings (SSSR count). The zero-order chi connectivity index (χ0) is 47.4. The van der Waals surface area contributed by atoms with Crippen LogP contribution in [-0.2, 0) is 44.7 Å². The van der Waals surface area contributed by atoms with Gasteiger partial charge in [-0.25, -0.2) is 9.59 Å². The molecule has 14 nitrogen and oxygen atoms in total. The highest BCUT2D eigenvalue weighted by atomic mass is 16.5. The summed E-state index contributed by atoms with van der Waals surface area (Å²) in [6.07, 6.45) is 7.75. The van der Waals surface area contributed by atoms with Crippen molar-refractivity contribution >= 4 is 24.5 Å². The molecule has 0 aromatic heterocycles. The molecule has 0 fully saturated rings. The second-order valence-electron chi connectivity index (χ2n) is 17.4. The Balaban J connectivity index is 1.04. The van der Waals surface area contributed by atoms with Crippen LogP contribution in [0.5, 0.6) is 34.5 Å². The molecule has 4 aromatic carbocycles. The summed E-state index contributed by atoms with van der Waals surface area (Å²) in [5.41, 5.74) is 7.31. The van der Waals surface area contributed by atoms with E-state index in [1.807, 2.05) is 42.5 Å². The Hall–Kier alpha value is -6.38. The number of ether oxygens (including phenoxy) is 8. The standard InChI is InChI=1S/C52H64N2O12/c1-53(21-17-37-29-39(33-55)40(34-56)30-41(37)43(53)25-35-11-13-45(59-3)47(27-35)61-5)19-9-23-65-51(57)15-16-52(58)66-24-10-20-54(2)22-18-38-31-49(63-7)50(64-8)32-42(38)44(54)26-36-12-14-46(60-4)48(28-36)62-6/h11-16,27-34,43-44H,9-10,17-26H2,1-8H3/q+2/b16-15+/t43-,44-,53?,54-/m1/s1. The minimum Gasteiger partial charge on any atom is -0.493 e. The van der Waals surface area contributed by atoms with Crippen LogP contribution in [0.3, 0.4) is 0 Å². The number of nitrogens with zero attached hydrogens (tertiary/aromatic N) is 2. The lowest BCUT2D eigenvalue weighted by atomic mass is 9.84. The molecule has 66 heavy (non-hydrogen) atoms. The summed E-state index contributed by atoms with van der Waals surface area (Å²) in [6.45, 7) is 3.38. The summed E-state index contributed by atoms with van der Waals surface area (Å²) in [4.78, 5) is 49.4. The molecule has 0 radical (unpaired) electrons. The van der Waals surface area contributed by atoms with Gasteiger partial charge in [0.2, 0.25) is 0 Å². The number of benzene rings is 4. The van der Waals surface area contributed by atoms with E-state index in [4.69, 9.17) is 37.9 Å². The Morgan fingerprint density at radius 1 is 0.530 bits per heavy atom. The Labute approximate surface area is 388 Å². The molecule has 2 aliphatic heterocycles. The number of quaternary nitrogens is 2. The van der Waals surface area contributed by atoms with E-state index in [-0.39, 0.29) is 25.3 Å². The van der Waals surface area contributed by atoms with Crippen LogP contribution in [0, 0.1) is 0 Å². The van der Waals surface area contributed by atoms with Gasteiger partial charge < -0.3 is 46.9 Å². The van der Waals surface area contributed by atoms with Crippen LogP contribution < -0.4 is 28.4 Å². The van der Waals surface area contributed by atoms with Gasteiger partial charge >= 0.3 is 11.9 Å². The highest BCUT2D eigenvalue weighted by molar-refractivity contribution is 5.92. The molecule has 4 aromatic rings. The summed E-state index contributed by atoms with van der Waals surface area (Å²) in [6, 6.07) is 19.7. The molecule has 0 saturated carbocycles. The number of fused-ring (bicyclic) bond motifs is 2. The van der Waals surface area contributed by atoms with Crippen molar-refractivity contribution in [1.29, 1.82) is 0 Å². The number of hydrogen-bond donors (Lipinski definition) is 0. The van der Waals surface area contributed by atoms with E-state index in [1.54, 1.807) is 42.7 Å². The van der Waals surface area contributed by atoms with Crippen molar-refractivity contribution in [2.24, 2.45) is 0 Å². The maximum Gasteiger partial charge on any atom is 0.331 e. The van der Waals surface area contributed by atoms with Crippen molar-refractivity contribution in [3.8, 4) is 34.5 Å². The second kappa shape index (κ2) is 22.2. The zero-order valence-electron chi connectivity index (χ0n) is 39.5. The van der Waals surface area contributed by atoms with Gasteiger partial charge in [-0.2, -0.15) is 0 Å². The molecule has 14 heteroatoms. The molecule has 0 saturated heterocycles. The van der Waals surface area contributed by atoms with Gasteiger partial charge in [-0.15, -0.1) is 0 Å². The van der Waals surface area contributed by atoms with Gasteiger partial charge in [0.15, 0.2) is 47.1 Å². The van der Waals surface area contributed by atoms with Crippen molar-refractivity contribution in [2.75, 3.05) is 96.1 Å². The fourth-order valence-electron chi connectivity index (χ4n) is 9.71. The molecule has 352 valence electrons. The number of rotatable bonds is 22. The van der Waals surface area contributed by atoms with Crippen molar-refractivity contribution in [1.82, 2.24) is 0 Å². The minimum atomic E-state index is -0.632. The van der Waals surface area contributed by atoms with Crippen LogP contribution in [0.4, 0.5) is 0 Å². The summed E-state index contributed by atoms with van der Waals surface area (Å²) >= 11 is 0. The Morgan fingerprint density at radius 3 is 1.36 bits per heavy atom. The molecule has 0 aliphatic carbocycles. The van der Waals surface area contributed by atoms with Gasteiger partial charge in [-0.05, 0) is 70.8 Å². The van der Waals surface area contributed by atoms with E-state index in [9.17, 15) is 19.2 Å². The number of hydrogen-bond acceptors (Lipinski definition) is 12. The summed E-state index contributed by atoms with van der Waals surface area (Å²) in [5.74, 6) is 2.70. The van der Waals surface area contributed by atoms with E-state index < -0.39 is 11.9 Å². The van der Waals surface area contributed by atoms with Crippen LogP contribution >= 0.6 is 0 Å². The van der Waals surface area contributed by atoms with Gasteiger partial charge in [0.05, 0.1) is 96.1 Å². The number of methoxy groups -OCH3 is 6. The van der Waals surface area contributed by atoms with Crippen molar-refractivity contribution < 1.29 is 66.0 Å². The molecule has 0 spiro atoms. The number of esters is 2. The normalized spacial score (nSPS) is 19.8. The first-order chi connectivity index (χ1) is 31.9. The largest absolute Gasteiger partial charge is 0.493 e.